The highest BCUT2D eigenvalue weighted by molar-refractivity contribution is 7.47. The van der Waals surface area contributed by atoms with Crippen LogP contribution in [-0.4, -0.2) is 96.7 Å². The smallest absolute Gasteiger partial charge is 0.462 e. The van der Waals surface area contributed by atoms with Crippen molar-refractivity contribution in [3.8, 4) is 0 Å². The van der Waals surface area contributed by atoms with E-state index < -0.39 is 97.5 Å². The SMILES string of the molecule is CCC(C)CCCCCCCCCCCCCCCCCCCCC(=O)O[C@H](COC(=O)CCCCCCCCCCC(C)C)COP(=O)(O)OCC(O)COP(=O)(O)OC[C@@H](COC(=O)CCCCCCCCCC(C)C)OC(=O)CCCCCCCCCCCCCCCCC(C)CC. The van der Waals surface area contributed by atoms with Gasteiger partial charge < -0.3 is 33.8 Å². The van der Waals surface area contributed by atoms with Gasteiger partial charge in [-0.15, -0.1) is 0 Å². The number of ether oxygens (including phenoxy) is 4. The van der Waals surface area contributed by atoms with Gasteiger partial charge in [0.05, 0.1) is 26.4 Å². The highest BCUT2D eigenvalue weighted by Gasteiger charge is 2.30. The molecule has 0 heterocycles. The molecule has 0 aliphatic rings. The van der Waals surface area contributed by atoms with E-state index in [1.165, 1.54) is 218 Å². The Balaban J connectivity index is 5.18. The molecule has 3 N–H and O–H groups in total. The van der Waals surface area contributed by atoms with Gasteiger partial charge in [-0.3, -0.25) is 37.3 Å². The van der Waals surface area contributed by atoms with E-state index in [1.54, 1.807) is 0 Å². The number of aliphatic hydroxyl groups excluding tert-OH is 1. The second-order valence-electron chi connectivity index (χ2n) is 31.0. The van der Waals surface area contributed by atoms with Crippen LogP contribution in [0.2, 0.25) is 0 Å². The molecule has 0 aromatic carbocycles. The minimum atomic E-state index is -4.96. The summed E-state index contributed by atoms with van der Waals surface area (Å²) in [5.41, 5.74) is 0. The van der Waals surface area contributed by atoms with E-state index in [0.717, 1.165) is 114 Å². The molecular formula is C82H160O17P2. The third kappa shape index (κ3) is 73.4. The maximum Gasteiger partial charge on any atom is 0.472 e. The second-order valence-corrected chi connectivity index (χ2v) is 33.9. The predicted octanol–water partition coefficient (Wildman–Crippen LogP) is 24.4. The number of rotatable bonds is 79. The summed E-state index contributed by atoms with van der Waals surface area (Å²) in [5, 5.41) is 10.6. The molecule has 17 nitrogen and oxygen atoms in total. The Hall–Kier alpha value is -1.94. The summed E-state index contributed by atoms with van der Waals surface area (Å²) in [6.07, 6.45) is 58.4. The molecule has 0 saturated heterocycles. The van der Waals surface area contributed by atoms with Crippen molar-refractivity contribution in [3.05, 3.63) is 0 Å². The number of esters is 4. The lowest BCUT2D eigenvalue weighted by molar-refractivity contribution is -0.161. The zero-order valence-corrected chi connectivity index (χ0v) is 68.3. The first-order valence-corrected chi connectivity index (χ1v) is 45.3. The fraction of sp³-hybridized carbons (Fsp3) is 0.951. The third-order valence-electron chi connectivity index (χ3n) is 19.8. The minimum Gasteiger partial charge on any atom is -0.462 e. The Bertz CT molecular complexity index is 1980. The van der Waals surface area contributed by atoms with Crippen molar-refractivity contribution < 1.29 is 80.2 Å². The highest BCUT2D eigenvalue weighted by atomic mass is 31.2. The molecule has 7 atom stereocenters. The molecule has 0 aliphatic heterocycles. The Morgan fingerprint density at radius 3 is 0.703 bits per heavy atom. The summed E-state index contributed by atoms with van der Waals surface area (Å²) >= 11 is 0. The third-order valence-corrected chi connectivity index (χ3v) is 21.7. The van der Waals surface area contributed by atoms with Crippen LogP contribution < -0.4 is 0 Å². The summed E-state index contributed by atoms with van der Waals surface area (Å²) in [6, 6.07) is 0. The van der Waals surface area contributed by atoms with Crippen molar-refractivity contribution in [1.82, 2.24) is 0 Å². The van der Waals surface area contributed by atoms with Crippen LogP contribution in [0.15, 0.2) is 0 Å². The number of aliphatic hydroxyl groups is 1. The van der Waals surface area contributed by atoms with E-state index in [2.05, 4.69) is 55.4 Å². The van der Waals surface area contributed by atoms with Gasteiger partial charge in [-0.05, 0) is 49.4 Å². The summed E-state index contributed by atoms with van der Waals surface area (Å²) in [6.45, 7) is 14.3. The van der Waals surface area contributed by atoms with Gasteiger partial charge in [0.2, 0.25) is 0 Å². The molecule has 5 unspecified atom stereocenters. The standard InChI is InChI=1S/C82H160O17P2/c1-9-74(7)60-52-44-36-27-23-19-15-13-11-12-14-16-21-25-29-39-48-56-64-81(86)98-77(68-92-79(84)62-54-46-38-32-31-34-42-50-58-72(3)4)70-96-100(88,89)94-66-76(83)67-95-101(90,91)97-71-78(69-93-80(85)63-55-47-41-33-35-43-51-59-73(5)6)99-82(87)65-57-49-40-30-26-22-18-17-20-24-28-37-45-53-61-75(8)10-2/h72-78,83H,9-71H2,1-8H3,(H,88,89)(H,90,91)/t74?,75?,76?,77-,78-/m1/s1. The number of hydrogen-bond donors (Lipinski definition) is 3. The lowest BCUT2D eigenvalue weighted by Crippen LogP contribution is -2.30. The maximum atomic E-state index is 13.1. The van der Waals surface area contributed by atoms with Gasteiger partial charge in [0.15, 0.2) is 12.2 Å². The quantitative estimate of drug-likeness (QED) is 0.0222. The van der Waals surface area contributed by atoms with Crippen molar-refractivity contribution in [2.45, 2.75) is 440 Å². The summed E-state index contributed by atoms with van der Waals surface area (Å²) < 4.78 is 68.7. The van der Waals surface area contributed by atoms with Crippen LogP contribution in [0.25, 0.3) is 0 Å². The molecule has 19 heteroatoms. The van der Waals surface area contributed by atoms with E-state index in [0.29, 0.717) is 31.6 Å². The first kappa shape index (κ1) is 99.1. The minimum absolute atomic E-state index is 0.106. The Labute approximate surface area is 619 Å². The topological polar surface area (TPSA) is 237 Å². The van der Waals surface area contributed by atoms with E-state index in [-0.39, 0.29) is 25.7 Å². The van der Waals surface area contributed by atoms with Gasteiger partial charge in [-0.2, -0.15) is 0 Å². The molecular weight excluding hydrogens is 1320 g/mol. The lowest BCUT2D eigenvalue weighted by Gasteiger charge is -2.21. The molecule has 0 saturated carbocycles. The monoisotopic (exact) mass is 1480 g/mol. The number of phosphoric acid groups is 2. The number of carbonyl (C=O) groups excluding carboxylic acids is 4. The zero-order valence-electron chi connectivity index (χ0n) is 66.5. The summed E-state index contributed by atoms with van der Waals surface area (Å²) in [4.78, 5) is 73.0. The number of phosphoric ester groups is 2. The van der Waals surface area contributed by atoms with Crippen LogP contribution in [0, 0.1) is 23.7 Å². The molecule has 0 amide bonds. The van der Waals surface area contributed by atoms with Crippen molar-refractivity contribution >= 4 is 39.5 Å². The van der Waals surface area contributed by atoms with Crippen LogP contribution >= 0.6 is 15.6 Å². The van der Waals surface area contributed by atoms with E-state index in [9.17, 15) is 43.2 Å². The van der Waals surface area contributed by atoms with Crippen molar-refractivity contribution in [2.24, 2.45) is 23.7 Å². The first-order valence-electron chi connectivity index (χ1n) is 42.3. The average molecular weight is 1480 g/mol. The molecule has 0 aromatic rings. The van der Waals surface area contributed by atoms with E-state index in [1.807, 2.05) is 0 Å². The highest BCUT2D eigenvalue weighted by Crippen LogP contribution is 2.45. The van der Waals surface area contributed by atoms with Gasteiger partial charge in [-0.25, -0.2) is 9.13 Å². The van der Waals surface area contributed by atoms with Crippen LogP contribution in [-0.2, 0) is 65.4 Å². The first-order chi connectivity index (χ1) is 48.7. The van der Waals surface area contributed by atoms with Gasteiger partial charge in [0, 0.05) is 25.7 Å². The molecule has 0 rings (SSSR count). The molecule has 600 valence electrons. The molecule has 0 aromatic heterocycles. The van der Waals surface area contributed by atoms with Gasteiger partial charge in [-0.1, -0.05) is 370 Å². The summed E-state index contributed by atoms with van der Waals surface area (Å²) in [7, 11) is -9.92. The van der Waals surface area contributed by atoms with Gasteiger partial charge >= 0.3 is 39.5 Å². The largest absolute Gasteiger partial charge is 0.472 e. The maximum absolute atomic E-state index is 13.1. The molecule has 0 aliphatic carbocycles. The van der Waals surface area contributed by atoms with E-state index in [4.69, 9.17) is 37.0 Å². The number of hydrogen-bond acceptors (Lipinski definition) is 15. The fourth-order valence-corrected chi connectivity index (χ4v) is 14.1. The predicted molar refractivity (Wildman–Crippen MR) is 414 cm³/mol. The molecule has 0 spiro atoms. The molecule has 0 fully saturated rings. The van der Waals surface area contributed by atoms with Gasteiger partial charge in [0.25, 0.3) is 0 Å². The molecule has 101 heavy (non-hydrogen) atoms. The van der Waals surface area contributed by atoms with Crippen LogP contribution in [0.5, 0.6) is 0 Å². The Morgan fingerprint density at radius 2 is 0.475 bits per heavy atom. The van der Waals surface area contributed by atoms with Gasteiger partial charge in [0.1, 0.15) is 19.3 Å². The fourth-order valence-electron chi connectivity index (χ4n) is 12.5. The van der Waals surface area contributed by atoms with Crippen LogP contribution in [0.3, 0.4) is 0 Å². The molecule has 0 radical (unpaired) electrons. The summed E-state index contributed by atoms with van der Waals surface area (Å²) in [5.74, 6) is 1.03. The Morgan fingerprint density at radius 1 is 0.277 bits per heavy atom. The van der Waals surface area contributed by atoms with Crippen molar-refractivity contribution in [2.75, 3.05) is 39.6 Å². The van der Waals surface area contributed by atoms with Crippen molar-refractivity contribution in [1.29, 1.82) is 0 Å². The molecule has 0 bridgehead atoms. The van der Waals surface area contributed by atoms with E-state index >= 15 is 0 Å². The zero-order chi connectivity index (χ0) is 74.6. The van der Waals surface area contributed by atoms with Crippen molar-refractivity contribution in [3.63, 3.8) is 0 Å². The lowest BCUT2D eigenvalue weighted by atomic mass is 9.99. The number of unbranched alkanes of at least 4 members (excludes halogenated alkanes) is 43. The second kappa shape index (κ2) is 71.0. The van der Waals surface area contributed by atoms with Crippen LogP contribution in [0.4, 0.5) is 0 Å². The average Bonchev–Trinajstić information content (AvgIpc) is 0.940. The normalized spacial score (nSPS) is 14.5. The van der Waals surface area contributed by atoms with Crippen LogP contribution in [0.1, 0.15) is 421 Å². The Kier molecular flexibility index (Phi) is 69.6. The number of carbonyl (C=O) groups is 4.